The number of benzene rings is 1. The van der Waals surface area contributed by atoms with Crippen LogP contribution in [0.5, 0.6) is 0 Å². The van der Waals surface area contributed by atoms with Crippen LogP contribution in [-0.2, 0) is 6.42 Å². The van der Waals surface area contributed by atoms with Crippen LogP contribution in [0.25, 0.3) is 11.3 Å². The van der Waals surface area contributed by atoms with Gasteiger partial charge in [-0.3, -0.25) is 14.9 Å². The van der Waals surface area contributed by atoms with Crippen molar-refractivity contribution in [1.29, 1.82) is 0 Å². The third-order valence-corrected chi connectivity index (χ3v) is 5.15. The molecular weight excluding hydrogens is 330 g/mol. The Morgan fingerprint density at radius 2 is 2.04 bits per heavy atom. The maximum absolute atomic E-state index is 12.2. The molecule has 2 N–H and O–H groups in total. The quantitative estimate of drug-likeness (QED) is 0.757. The van der Waals surface area contributed by atoms with Gasteiger partial charge in [-0.1, -0.05) is 42.5 Å². The van der Waals surface area contributed by atoms with Crippen molar-refractivity contribution >= 4 is 33.7 Å². The first-order valence-electron chi connectivity index (χ1n) is 7.12. The number of carbonyl (C=O) groups is 1. The number of aromatic nitrogens is 2. The second-order valence-corrected chi connectivity index (χ2v) is 6.85. The maximum Gasteiger partial charge on any atom is 0.305 e. The van der Waals surface area contributed by atoms with E-state index in [-0.39, 0.29) is 10.8 Å². The van der Waals surface area contributed by atoms with Gasteiger partial charge in [0.15, 0.2) is 5.13 Å². The number of hydrogen-bond donors (Lipinski definition) is 2. The Morgan fingerprint density at radius 3 is 2.65 bits per heavy atom. The van der Waals surface area contributed by atoms with E-state index in [0.29, 0.717) is 15.7 Å². The number of hydrogen-bond acceptors (Lipinski definition) is 5. The number of aromatic amines is 1. The van der Waals surface area contributed by atoms with Crippen LogP contribution in [-0.4, -0.2) is 15.9 Å². The number of carbonyl (C=O) groups excluding carboxylic acids is 1. The van der Waals surface area contributed by atoms with Gasteiger partial charge >= 0.3 is 4.87 Å². The number of H-pyrrole nitrogens is 1. The number of nitrogens with one attached hydrogen (secondary N) is 2. The van der Waals surface area contributed by atoms with Crippen molar-refractivity contribution < 1.29 is 4.79 Å². The molecule has 0 radical (unpaired) electrons. The van der Waals surface area contributed by atoms with Crippen LogP contribution in [0.3, 0.4) is 0 Å². The molecule has 1 aromatic carbocycles. The Kier molecular flexibility index (Phi) is 4.40. The normalized spacial score (nSPS) is 10.7. The lowest BCUT2D eigenvalue weighted by Crippen LogP contribution is -2.11. The van der Waals surface area contributed by atoms with Gasteiger partial charge in [0.05, 0.1) is 5.69 Å². The molecule has 1 amide bonds. The summed E-state index contributed by atoms with van der Waals surface area (Å²) in [5.41, 5.74) is 3.69. The van der Waals surface area contributed by atoms with Crippen LogP contribution in [0.2, 0.25) is 0 Å². The summed E-state index contributed by atoms with van der Waals surface area (Å²) in [5, 5.41) is 5.17. The van der Waals surface area contributed by atoms with E-state index < -0.39 is 0 Å². The minimum atomic E-state index is -0.312. The first-order chi connectivity index (χ1) is 11.1. The number of rotatable bonds is 4. The Bertz CT molecular complexity index is 891. The second-order valence-electron chi connectivity index (χ2n) is 5.01. The van der Waals surface area contributed by atoms with Gasteiger partial charge in [-0.2, -0.15) is 0 Å². The van der Waals surface area contributed by atoms with Crippen molar-refractivity contribution in [3.63, 3.8) is 0 Å². The van der Waals surface area contributed by atoms with E-state index in [4.69, 9.17) is 0 Å². The van der Waals surface area contributed by atoms with Gasteiger partial charge in [-0.05, 0) is 18.9 Å². The highest BCUT2D eigenvalue weighted by atomic mass is 32.1. The minimum Gasteiger partial charge on any atom is -0.316 e. The van der Waals surface area contributed by atoms with Gasteiger partial charge in [-0.25, -0.2) is 4.98 Å². The van der Waals surface area contributed by atoms with Gasteiger partial charge in [-0.15, -0.1) is 11.3 Å². The van der Waals surface area contributed by atoms with Gasteiger partial charge in [0.2, 0.25) is 0 Å². The molecular formula is C16H15N3O2S2. The Morgan fingerprint density at radius 1 is 1.30 bits per heavy atom. The lowest BCUT2D eigenvalue weighted by Gasteiger charge is -2.00. The number of thiazole rings is 2. The van der Waals surface area contributed by atoms with Crippen molar-refractivity contribution in [3.8, 4) is 11.3 Å². The fraction of sp³-hybridized carbons (Fsp3) is 0.188. The zero-order valence-corrected chi connectivity index (χ0v) is 14.3. The second kappa shape index (κ2) is 6.47. The van der Waals surface area contributed by atoms with Crippen molar-refractivity contribution in [3.05, 3.63) is 55.4 Å². The van der Waals surface area contributed by atoms with E-state index in [1.807, 2.05) is 17.5 Å². The number of amides is 1. The van der Waals surface area contributed by atoms with Crippen LogP contribution >= 0.6 is 22.7 Å². The number of nitrogens with zero attached hydrogens (tertiary/aromatic N) is 1. The van der Waals surface area contributed by atoms with Crippen molar-refractivity contribution in [1.82, 2.24) is 9.97 Å². The summed E-state index contributed by atoms with van der Waals surface area (Å²) in [5.74, 6) is -0.312. The van der Waals surface area contributed by atoms with Gasteiger partial charge < -0.3 is 4.98 Å². The van der Waals surface area contributed by atoms with E-state index in [1.54, 1.807) is 6.92 Å². The molecule has 118 valence electrons. The smallest absolute Gasteiger partial charge is 0.305 e. The highest BCUT2D eigenvalue weighted by Gasteiger charge is 2.15. The summed E-state index contributed by atoms with van der Waals surface area (Å²) >= 11 is 2.27. The number of anilines is 1. The molecule has 3 aromatic rings. The van der Waals surface area contributed by atoms with Crippen molar-refractivity contribution in [2.75, 3.05) is 5.32 Å². The Labute approximate surface area is 141 Å². The first kappa shape index (κ1) is 15.6. The summed E-state index contributed by atoms with van der Waals surface area (Å²) in [6.45, 7) is 3.82. The minimum absolute atomic E-state index is 0.233. The molecule has 0 bridgehead atoms. The summed E-state index contributed by atoms with van der Waals surface area (Å²) in [6, 6.07) is 8.21. The van der Waals surface area contributed by atoms with E-state index in [9.17, 15) is 9.59 Å². The molecule has 0 aliphatic carbocycles. The molecule has 0 unspecified atom stereocenters. The largest absolute Gasteiger partial charge is 0.316 e. The van der Waals surface area contributed by atoms with E-state index in [2.05, 4.69) is 34.3 Å². The lowest BCUT2D eigenvalue weighted by atomic mass is 10.1. The average molecular weight is 345 g/mol. The molecule has 0 saturated carbocycles. The van der Waals surface area contributed by atoms with E-state index in [0.717, 1.165) is 29.0 Å². The summed E-state index contributed by atoms with van der Waals surface area (Å²) < 4.78 is 0. The topological polar surface area (TPSA) is 74.8 Å². The van der Waals surface area contributed by atoms with Crippen molar-refractivity contribution in [2.24, 2.45) is 0 Å². The summed E-state index contributed by atoms with van der Waals surface area (Å²) in [6.07, 6.45) is 0.998. The fourth-order valence-electron chi connectivity index (χ4n) is 2.15. The molecule has 0 fully saturated rings. The summed E-state index contributed by atoms with van der Waals surface area (Å²) in [7, 11) is 0. The lowest BCUT2D eigenvalue weighted by molar-refractivity contribution is 0.103. The standard InChI is InChI=1S/C16H15N3O2S2/c1-3-10-4-6-11(7-5-10)12-8-22-15(18-12)19-14(20)13-9(2)17-16(21)23-13/h4-8H,3H2,1-2H3,(H,17,21)(H,18,19,20). The molecule has 3 rings (SSSR count). The maximum atomic E-state index is 12.2. The molecule has 0 spiro atoms. The first-order valence-corrected chi connectivity index (χ1v) is 8.82. The molecule has 23 heavy (non-hydrogen) atoms. The molecule has 2 heterocycles. The molecule has 5 nitrogen and oxygen atoms in total. The Balaban J connectivity index is 1.77. The highest BCUT2D eigenvalue weighted by Crippen LogP contribution is 2.26. The zero-order chi connectivity index (χ0) is 16.4. The SMILES string of the molecule is CCc1ccc(-c2csc(NC(=O)c3sc(=O)[nH]c3C)n2)cc1. The van der Waals surface area contributed by atoms with Crippen LogP contribution in [0.4, 0.5) is 5.13 Å². The predicted molar refractivity (Wildman–Crippen MR) is 94.6 cm³/mol. The highest BCUT2D eigenvalue weighted by molar-refractivity contribution is 7.14. The third kappa shape index (κ3) is 3.40. The fourth-order valence-corrected chi connectivity index (χ4v) is 3.60. The number of aryl methyl sites for hydroxylation is 2. The van der Waals surface area contributed by atoms with Crippen molar-refractivity contribution in [2.45, 2.75) is 20.3 Å². The third-order valence-electron chi connectivity index (χ3n) is 3.41. The molecule has 0 aliphatic heterocycles. The molecule has 0 saturated heterocycles. The monoisotopic (exact) mass is 345 g/mol. The summed E-state index contributed by atoms with van der Waals surface area (Å²) in [4.78, 5) is 30.7. The van der Waals surface area contributed by atoms with Crippen LogP contribution in [0, 0.1) is 6.92 Å². The van der Waals surface area contributed by atoms with E-state index in [1.165, 1.54) is 16.9 Å². The van der Waals surface area contributed by atoms with Gasteiger partial charge in [0, 0.05) is 16.6 Å². The molecule has 7 heteroatoms. The molecule has 0 aliphatic rings. The zero-order valence-electron chi connectivity index (χ0n) is 12.7. The average Bonchev–Trinajstić information content (AvgIpc) is 3.13. The van der Waals surface area contributed by atoms with Crippen LogP contribution in [0.1, 0.15) is 27.9 Å². The molecule has 0 atom stereocenters. The Hall–Kier alpha value is -2.25. The predicted octanol–water partition coefficient (Wildman–Crippen LogP) is 3.68. The van der Waals surface area contributed by atoms with Crippen LogP contribution < -0.4 is 10.2 Å². The molecule has 2 aromatic heterocycles. The van der Waals surface area contributed by atoms with Gasteiger partial charge in [0.1, 0.15) is 4.88 Å². The van der Waals surface area contributed by atoms with E-state index >= 15 is 0 Å². The van der Waals surface area contributed by atoms with Crippen LogP contribution in [0.15, 0.2) is 34.4 Å². The van der Waals surface area contributed by atoms with Gasteiger partial charge in [0.25, 0.3) is 5.91 Å².